The summed E-state index contributed by atoms with van der Waals surface area (Å²) in [7, 11) is 5.43. The summed E-state index contributed by atoms with van der Waals surface area (Å²) < 4.78 is 11.0. The van der Waals surface area contributed by atoms with Crippen LogP contribution in [0.3, 0.4) is 0 Å². The largest absolute Gasteiger partial charge is 0.495 e. The smallest absolute Gasteiger partial charge is 0.289 e. The molecule has 0 aliphatic rings. The van der Waals surface area contributed by atoms with Crippen LogP contribution >= 0.6 is 11.6 Å². The summed E-state index contributed by atoms with van der Waals surface area (Å²) in [4.78, 5) is 53.6. The Labute approximate surface area is 259 Å². The van der Waals surface area contributed by atoms with Gasteiger partial charge in [-0.25, -0.2) is 0 Å². The number of hydrogen-bond acceptors (Lipinski definition) is 7. The highest BCUT2D eigenvalue weighted by molar-refractivity contribution is 6.38. The zero-order valence-corrected chi connectivity index (χ0v) is 26.8. The van der Waals surface area contributed by atoms with E-state index in [4.69, 9.17) is 21.1 Å². The van der Waals surface area contributed by atoms with Gasteiger partial charge in [-0.2, -0.15) is 0 Å². The van der Waals surface area contributed by atoms with E-state index in [1.165, 1.54) is 7.11 Å². The Kier molecular flexibility index (Phi) is 15.0. The lowest BCUT2D eigenvalue weighted by atomic mass is 10.0. The van der Waals surface area contributed by atoms with Gasteiger partial charge in [0.15, 0.2) is 0 Å². The van der Waals surface area contributed by atoms with E-state index in [1.54, 1.807) is 25.1 Å². The van der Waals surface area contributed by atoms with Crippen LogP contribution in [0.4, 0.5) is 0 Å². The van der Waals surface area contributed by atoms with Crippen molar-refractivity contribution in [2.24, 2.45) is 5.92 Å². The lowest BCUT2D eigenvalue weighted by molar-refractivity contribution is -0.140. The molecule has 0 radical (unpaired) electrons. The minimum atomic E-state index is -1.04. The minimum absolute atomic E-state index is 0.0247. The van der Waals surface area contributed by atoms with Crippen LogP contribution in [0.5, 0.6) is 11.5 Å². The standard InChI is InChI=1S/C32H45ClN4O6/c1-7-26(29(39)32(41)34-20-23-9-8-10-25(33)30(23)42-6)36-31(40)27(19-21(2)3)35-28(38)16-13-22-11-14-24(15-12-22)43-18-17-37(4)5/h8-12,14-15,21,26-27H,7,13,16-20H2,1-6H3,(H,34,41)(H,35,38)(H,36,40)/t26?,27-/m0/s1. The van der Waals surface area contributed by atoms with Gasteiger partial charge in [-0.05, 0) is 63.0 Å². The number of hydrogen-bond donors (Lipinski definition) is 3. The van der Waals surface area contributed by atoms with E-state index < -0.39 is 29.7 Å². The molecule has 0 aliphatic carbocycles. The van der Waals surface area contributed by atoms with Gasteiger partial charge in [0.05, 0.1) is 18.2 Å². The Morgan fingerprint density at radius 1 is 0.977 bits per heavy atom. The van der Waals surface area contributed by atoms with Gasteiger partial charge in [-0.1, -0.05) is 56.6 Å². The predicted molar refractivity (Wildman–Crippen MR) is 167 cm³/mol. The third-order valence-corrected chi connectivity index (χ3v) is 6.98. The number of likely N-dealkylation sites (N-methyl/N-ethyl adjacent to an activating group) is 1. The number of nitrogens with one attached hydrogen (secondary N) is 3. The van der Waals surface area contributed by atoms with Gasteiger partial charge in [0, 0.05) is 25.1 Å². The fourth-order valence-corrected chi connectivity index (χ4v) is 4.56. The zero-order chi connectivity index (χ0) is 31.9. The molecule has 236 valence electrons. The van der Waals surface area contributed by atoms with E-state index >= 15 is 0 Å². The van der Waals surface area contributed by atoms with E-state index in [-0.39, 0.29) is 31.2 Å². The van der Waals surface area contributed by atoms with Gasteiger partial charge < -0.3 is 30.3 Å². The number of para-hydroxylation sites is 1. The fraction of sp³-hybridized carbons (Fsp3) is 0.500. The lowest BCUT2D eigenvalue weighted by Gasteiger charge is -2.23. The number of Topliss-reactive ketones (excluding diaryl/α,β-unsaturated/α-hetero) is 1. The Bertz CT molecular complexity index is 1220. The van der Waals surface area contributed by atoms with Crippen LogP contribution in [0.25, 0.3) is 0 Å². The molecule has 0 aliphatic heterocycles. The van der Waals surface area contributed by atoms with Crippen molar-refractivity contribution in [2.45, 2.75) is 65.1 Å². The molecule has 0 aromatic heterocycles. The van der Waals surface area contributed by atoms with Crippen LogP contribution < -0.4 is 25.4 Å². The Morgan fingerprint density at radius 2 is 1.67 bits per heavy atom. The van der Waals surface area contributed by atoms with Crippen molar-refractivity contribution in [2.75, 3.05) is 34.4 Å². The number of ether oxygens (including phenoxy) is 2. The van der Waals surface area contributed by atoms with Gasteiger partial charge >= 0.3 is 0 Å². The van der Waals surface area contributed by atoms with E-state index in [0.29, 0.717) is 35.8 Å². The fourth-order valence-electron chi connectivity index (χ4n) is 4.29. The molecule has 0 spiro atoms. The average Bonchev–Trinajstić information content (AvgIpc) is 2.97. The third-order valence-electron chi connectivity index (χ3n) is 6.69. The van der Waals surface area contributed by atoms with E-state index in [0.717, 1.165) is 17.9 Å². The number of nitrogens with zero attached hydrogens (tertiary/aromatic N) is 1. The maximum Gasteiger partial charge on any atom is 0.289 e. The highest BCUT2D eigenvalue weighted by Crippen LogP contribution is 2.28. The topological polar surface area (TPSA) is 126 Å². The SMILES string of the molecule is CCC(NC(=O)[C@H](CC(C)C)NC(=O)CCc1ccc(OCCN(C)C)cc1)C(=O)C(=O)NCc1cccc(Cl)c1OC. The molecule has 2 atom stereocenters. The van der Waals surface area contributed by atoms with Crippen LogP contribution in [0.1, 0.15) is 51.2 Å². The molecule has 3 N–H and O–H groups in total. The summed E-state index contributed by atoms with van der Waals surface area (Å²) in [6.45, 7) is 7.00. The van der Waals surface area contributed by atoms with E-state index in [2.05, 4.69) is 16.0 Å². The molecule has 2 rings (SSSR count). The molecular weight excluding hydrogens is 572 g/mol. The molecule has 0 saturated carbocycles. The highest BCUT2D eigenvalue weighted by atomic mass is 35.5. The average molecular weight is 617 g/mol. The Hall–Kier alpha value is -3.63. The van der Waals surface area contributed by atoms with Crippen LogP contribution in [0.15, 0.2) is 42.5 Å². The van der Waals surface area contributed by atoms with Crippen molar-refractivity contribution in [3.63, 3.8) is 0 Å². The van der Waals surface area contributed by atoms with Crippen molar-refractivity contribution in [3.05, 3.63) is 58.6 Å². The van der Waals surface area contributed by atoms with Crippen LogP contribution in [-0.2, 0) is 32.1 Å². The van der Waals surface area contributed by atoms with Crippen molar-refractivity contribution in [3.8, 4) is 11.5 Å². The number of carbonyl (C=O) groups is 4. The number of carbonyl (C=O) groups excluding carboxylic acids is 4. The molecule has 10 nitrogen and oxygen atoms in total. The third kappa shape index (κ3) is 12.2. The molecule has 0 saturated heterocycles. The van der Waals surface area contributed by atoms with Crippen molar-refractivity contribution in [1.82, 2.24) is 20.9 Å². The van der Waals surface area contributed by atoms with E-state index in [9.17, 15) is 19.2 Å². The first kappa shape index (κ1) is 35.6. The molecule has 2 aromatic rings. The van der Waals surface area contributed by atoms with Gasteiger partial charge in [0.25, 0.3) is 5.91 Å². The van der Waals surface area contributed by atoms with Crippen LogP contribution in [-0.4, -0.2) is 74.8 Å². The van der Waals surface area contributed by atoms with Crippen LogP contribution in [0.2, 0.25) is 5.02 Å². The first-order valence-electron chi connectivity index (χ1n) is 14.5. The number of aryl methyl sites for hydroxylation is 1. The van der Waals surface area contributed by atoms with Crippen molar-refractivity contribution in [1.29, 1.82) is 0 Å². The summed E-state index contributed by atoms with van der Waals surface area (Å²) in [5, 5.41) is 8.44. The molecule has 0 fully saturated rings. The summed E-state index contributed by atoms with van der Waals surface area (Å²) >= 11 is 6.13. The number of ketones is 1. The number of halogens is 1. The molecule has 3 amide bonds. The summed E-state index contributed by atoms with van der Waals surface area (Å²) in [5.74, 6) is -1.13. The Morgan fingerprint density at radius 3 is 2.28 bits per heavy atom. The first-order chi connectivity index (χ1) is 20.4. The van der Waals surface area contributed by atoms with Gasteiger partial charge in [0.2, 0.25) is 17.6 Å². The summed E-state index contributed by atoms with van der Waals surface area (Å²) in [5.41, 5.74) is 1.58. The molecule has 2 aromatic carbocycles. The predicted octanol–water partition coefficient (Wildman–Crippen LogP) is 3.53. The Balaban J connectivity index is 1.93. The number of benzene rings is 2. The maximum absolute atomic E-state index is 13.2. The number of rotatable bonds is 18. The lowest BCUT2D eigenvalue weighted by Crippen LogP contribution is -2.54. The van der Waals surface area contributed by atoms with Gasteiger partial charge in [0.1, 0.15) is 24.1 Å². The number of amides is 3. The zero-order valence-electron chi connectivity index (χ0n) is 26.0. The van der Waals surface area contributed by atoms with E-state index in [1.807, 2.05) is 57.1 Å². The minimum Gasteiger partial charge on any atom is -0.495 e. The normalized spacial score (nSPS) is 12.4. The highest BCUT2D eigenvalue weighted by Gasteiger charge is 2.29. The molecule has 11 heteroatoms. The molecule has 1 unspecified atom stereocenters. The van der Waals surface area contributed by atoms with Gasteiger partial charge in [-0.3, -0.25) is 19.2 Å². The summed E-state index contributed by atoms with van der Waals surface area (Å²) in [6.07, 6.45) is 1.26. The molecule has 43 heavy (non-hydrogen) atoms. The summed E-state index contributed by atoms with van der Waals surface area (Å²) in [6, 6.07) is 10.8. The van der Waals surface area contributed by atoms with Crippen LogP contribution in [0, 0.1) is 5.92 Å². The molecular formula is C32H45ClN4O6. The first-order valence-corrected chi connectivity index (χ1v) is 14.9. The maximum atomic E-state index is 13.2. The second-order valence-electron chi connectivity index (χ2n) is 11.0. The monoisotopic (exact) mass is 616 g/mol. The second kappa shape index (κ2) is 18.1. The number of methoxy groups -OCH3 is 1. The second-order valence-corrected chi connectivity index (χ2v) is 11.4. The van der Waals surface area contributed by atoms with Crippen molar-refractivity contribution < 1.29 is 28.7 Å². The van der Waals surface area contributed by atoms with Gasteiger partial charge in [-0.15, -0.1) is 0 Å². The van der Waals surface area contributed by atoms with Crippen molar-refractivity contribution >= 4 is 35.1 Å². The molecule has 0 bridgehead atoms. The quantitative estimate of drug-likeness (QED) is 0.219. The molecule has 0 heterocycles.